The van der Waals surface area contributed by atoms with Crippen LogP contribution in [0.1, 0.15) is 37.7 Å². The Morgan fingerprint density at radius 3 is 2.80 bits per heavy atom. The number of halogens is 1. The molecule has 0 amide bonds. The third-order valence-electron chi connectivity index (χ3n) is 3.79. The fourth-order valence-electron chi connectivity index (χ4n) is 2.59. The average molecular weight is 342 g/mol. The average Bonchev–Trinajstić information content (AvgIpc) is 2.45. The number of hydrogen-bond donors (Lipinski definition) is 2. The normalized spacial score (nSPS) is 17.9. The lowest BCUT2D eigenvalue weighted by atomic mass is 9.98. The third kappa shape index (κ3) is 5.08. The lowest BCUT2D eigenvalue weighted by Crippen LogP contribution is -2.28. The van der Waals surface area contributed by atoms with E-state index < -0.39 is 6.10 Å². The van der Waals surface area contributed by atoms with Gasteiger partial charge in [-0.05, 0) is 43.5 Å². The standard InChI is InChI=1S/C16H24BrNO2/c1-12-9-13(17)7-8-16(12)18-10-14(19)11-20-15-5-3-2-4-6-15/h7-9,14-15,18-19H,2-6,10-11H2,1H3. The molecule has 2 N–H and O–H groups in total. The van der Waals surface area contributed by atoms with Gasteiger partial charge >= 0.3 is 0 Å². The summed E-state index contributed by atoms with van der Waals surface area (Å²) in [6, 6.07) is 6.08. The number of nitrogens with one attached hydrogen (secondary N) is 1. The summed E-state index contributed by atoms with van der Waals surface area (Å²) in [5.74, 6) is 0. The predicted molar refractivity (Wildman–Crippen MR) is 86.2 cm³/mol. The first kappa shape index (κ1) is 15.8. The van der Waals surface area contributed by atoms with Crippen molar-refractivity contribution < 1.29 is 9.84 Å². The minimum atomic E-state index is -0.458. The van der Waals surface area contributed by atoms with Gasteiger partial charge in [-0.1, -0.05) is 35.2 Å². The molecule has 1 aliphatic carbocycles. The number of anilines is 1. The molecule has 1 saturated carbocycles. The number of benzene rings is 1. The number of ether oxygens (including phenoxy) is 1. The van der Waals surface area contributed by atoms with Crippen LogP contribution in [-0.4, -0.2) is 30.5 Å². The van der Waals surface area contributed by atoms with Crippen molar-refractivity contribution in [2.24, 2.45) is 0 Å². The van der Waals surface area contributed by atoms with Gasteiger partial charge in [0.2, 0.25) is 0 Å². The van der Waals surface area contributed by atoms with E-state index in [4.69, 9.17) is 4.74 Å². The van der Waals surface area contributed by atoms with E-state index in [1.165, 1.54) is 24.8 Å². The van der Waals surface area contributed by atoms with Crippen LogP contribution >= 0.6 is 15.9 Å². The minimum Gasteiger partial charge on any atom is -0.389 e. The van der Waals surface area contributed by atoms with Gasteiger partial charge in [-0.2, -0.15) is 0 Å². The summed E-state index contributed by atoms with van der Waals surface area (Å²) in [6.07, 6.45) is 6.03. The van der Waals surface area contributed by atoms with Crippen LogP contribution in [0.5, 0.6) is 0 Å². The molecule has 1 unspecified atom stereocenters. The Balaban J connectivity index is 1.70. The largest absolute Gasteiger partial charge is 0.389 e. The van der Waals surface area contributed by atoms with Crippen molar-refractivity contribution in [2.75, 3.05) is 18.5 Å². The minimum absolute atomic E-state index is 0.354. The first-order valence-electron chi connectivity index (χ1n) is 7.45. The van der Waals surface area contributed by atoms with Gasteiger partial charge in [-0.15, -0.1) is 0 Å². The topological polar surface area (TPSA) is 41.5 Å². The second kappa shape index (κ2) is 8.01. The molecule has 0 bridgehead atoms. The lowest BCUT2D eigenvalue weighted by molar-refractivity contribution is -0.0195. The summed E-state index contributed by atoms with van der Waals surface area (Å²) >= 11 is 3.45. The van der Waals surface area contributed by atoms with Gasteiger partial charge in [0.15, 0.2) is 0 Å². The summed E-state index contributed by atoms with van der Waals surface area (Å²) < 4.78 is 6.86. The molecule has 0 spiro atoms. The molecule has 20 heavy (non-hydrogen) atoms. The highest BCUT2D eigenvalue weighted by Gasteiger charge is 2.15. The number of aliphatic hydroxyl groups is 1. The Morgan fingerprint density at radius 1 is 1.35 bits per heavy atom. The maximum Gasteiger partial charge on any atom is 0.0945 e. The number of aryl methyl sites for hydroxylation is 1. The Morgan fingerprint density at radius 2 is 2.10 bits per heavy atom. The zero-order valence-electron chi connectivity index (χ0n) is 12.1. The van der Waals surface area contributed by atoms with Crippen LogP contribution in [0, 0.1) is 6.92 Å². The highest BCUT2D eigenvalue weighted by molar-refractivity contribution is 9.10. The molecule has 1 fully saturated rings. The van der Waals surface area contributed by atoms with Gasteiger partial charge in [-0.25, -0.2) is 0 Å². The lowest BCUT2D eigenvalue weighted by Gasteiger charge is -2.23. The maximum absolute atomic E-state index is 9.99. The Labute approximate surface area is 129 Å². The van der Waals surface area contributed by atoms with E-state index in [0.29, 0.717) is 19.3 Å². The summed E-state index contributed by atoms with van der Waals surface area (Å²) in [5, 5.41) is 13.3. The SMILES string of the molecule is Cc1cc(Br)ccc1NCC(O)COC1CCCCC1. The summed E-state index contributed by atoms with van der Waals surface area (Å²) in [4.78, 5) is 0. The summed E-state index contributed by atoms with van der Waals surface area (Å²) in [6.45, 7) is 3.00. The van der Waals surface area contributed by atoms with Gasteiger partial charge in [0.1, 0.15) is 0 Å². The molecule has 2 rings (SSSR count). The highest BCUT2D eigenvalue weighted by atomic mass is 79.9. The Hall–Kier alpha value is -0.580. The van der Waals surface area contributed by atoms with E-state index in [1.54, 1.807) is 0 Å². The monoisotopic (exact) mass is 341 g/mol. The molecule has 1 atom stereocenters. The molecule has 1 aliphatic rings. The van der Waals surface area contributed by atoms with Crippen molar-refractivity contribution in [3.63, 3.8) is 0 Å². The molecule has 0 heterocycles. The molecule has 0 radical (unpaired) electrons. The molecule has 1 aromatic carbocycles. The van der Waals surface area contributed by atoms with Crippen LogP contribution < -0.4 is 5.32 Å². The second-order valence-corrected chi connectivity index (χ2v) is 6.50. The van der Waals surface area contributed by atoms with E-state index in [9.17, 15) is 5.11 Å². The molecule has 1 aromatic rings. The van der Waals surface area contributed by atoms with E-state index in [-0.39, 0.29) is 0 Å². The van der Waals surface area contributed by atoms with Crippen LogP contribution in [0.4, 0.5) is 5.69 Å². The predicted octanol–water partition coefficient (Wildman–Crippen LogP) is 3.88. The van der Waals surface area contributed by atoms with E-state index in [1.807, 2.05) is 12.1 Å². The summed E-state index contributed by atoms with van der Waals surface area (Å²) in [7, 11) is 0. The van der Waals surface area contributed by atoms with Crippen LogP contribution in [0.25, 0.3) is 0 Å². The number of hydrogen-bond acceptors (Lipinski definition) is 3. The quantitative estimate of drug-likeness (QED) is 0.824. The van der Waals surface area contributed by atoms with Crippen molar-refractivity contribution >= 4 is 21.6 Å². The van der Waals surface area contributed by atoms with Crippen LogP contribution in [-0.2, 0) is 4.74 Å². The van der Waals surface area contributed by atoms with Crippen molar-refractivity contribution in [1.29, 1.82) is 0 Å². The summed E-state index contributed by atoms with van der Waals surface area (Å²) in [5.41, 5.74) is 2.23. The van der Waals surface area contributed by atoms with E-state index >= 15 is 0 Å². The Kier molecular flexibility index (Phi) is 6.33. The highest BCUT2D eigenvalue weighted by Crippen LogP contribution is 2.21. The fourth-order valence-corrected chi connectivity index (χ4v) is 3.07. The van der Waals surface area contributed by atoms with Crippen molar-refractivity contribution in [3.05, 3.63) is 28.2 Å². The van der Waals surface area contributed by atoms with Crippen molar-refractivity contribution in [3.8, 4) is 0 Å². The molecule has 0 aliphatic heterocycles. The molecule has 4 heteroatoms. The smallest absolute Gasteiger partial charge is 0.0945 e. The molecular formula is C16H24BrNO2. The van der Waals surface area contributed by atoms with Crippen molar-refractivity contribution in [2.45, 2.75) is 51.2 Å². The molecule has 0 aromatic heterocycles. The van der Waals surface area contributed by atoms with Crippen LogP contribution in [0.3, 0.4) is 0 Å². The first-order chi connectivity index (χ1) is 9.65. The number of rotatable bonds is 6. The third-order valence-corrected chi connectivity index (χ3v) is 4.29. The second-order valence-electron chi connectivity index (χ2n) is 5.59. The first-order valence-corrected chi connectivity index (χ1v) is 8.24. The maximum atomic E-state index is 9.99. The van der Waals surface area contributed by atoms with Gasteiger partial charge in [0.05, 0.1) is 18.8 Å². The molecular weight excluding hydrogens is 318 g/mol. The van der Waals surface area contributed by atoms with Gasteiger partial charge in [0.25, 0.3) is 0 Å². The van der Waals surface area contributed by atoms with Crippen LogP contribution in [0.2, 0.25) is 0 Å². The van der Waals surface area contributed by atoms with Gasteiger partial charge in [0, 0.05) is 16.7 Å². The number of aliphatic hydroxyl groups excluding tert-OH is 1. The Bertz CT molecular complexity index is 419. The zero-order chi connectivity index (χ0) is 14.4. The van der Waals surface area contributed by atoms with Gasteiger partial charge < -0.3 is 15.2 Å². The van der Waals surface area contributed by atoms with E-state index in [2.05, 4.69) is 34.2 Å². The molecule has 112 valence electrons. The fraction of sp³-hybridized carbons (Fsp3) is 0.625. The zero-order valence-corrected chi connectivity index (χ0v) is 13.7. The molecule has 3 nitrogen and oxygen atoms in total. The molecule has 0 saturated heterocycles. The van der Waals surface area contributed by atoms with Gasteiger partial charge in [-0.3, -0.25) is 0 Å². The van der Waals surface area contributed by atoms with E-state index in [0.717, 1.165) is 23.0 Å². The van der Waals surface area contributed by atoms with Crippen molar-refractivity contribution in [1.82, 2.24) is 0 Å². The van der Waals surface area contributed by atoms with Crippen LogP contribution in [0.15, 0.2) is 22.7 Å².